The standard InChI is InChI=1S/C18H20O2/c19-11-15-16(12-20)18(14-9-5-2-6-10-14)17(15)13-7-3-1-4-8-13/h1-10,15-20H,11-12H2/t15-,16-,17+,18+/m0/s1. The van der Waals surface area contributed by atoms with E-state index in [1.807, 2.05) is 36.4 Å². The van der Waals surface area contributed by atoms with Gasteiger partial charge >= 0.3 is 0 Å². The zero-order valence-corrected chi connectivity index (χ0v) is 11.4. The predicted molar refractivity (Wildman–Crippen MR) is 79.5 cm³/mol. The van der Waals surface area contributed by atoms with E-state index in [0.717, 1.165) is 0 Å². The fourth-order valence-corrected chi connectivity index (χ4v) is 3.68. The van der Waals surface area contributed by atoms with Gasteiger partial charge in [-0.15, -0.1) is 0 Å². The first-order valence-corrected chi connectivity index (χ1v) is 7.18. The zero-order valence-electron chi connectivity index (χ0n) is 11.4. The van der Waals surface area contributed by atoms with Crippen LogP contribution < -0.4 is 0 Å². The molecule has 1 aliphatic carbocycles. The lowest BCUT2D eigenvalue weighted by Crippen LogP contribution is -2.47. The summed E-state index contributed by atoms with van der Waals surface area (Å²) in [5.41, 5.74) is 2.51. The van der Waals surface area contributed by atoms with E-state index in [2.05, 4.69) is 24.3 Å². The van der Waals surface area contributed by atoms with Crippen molar-refractivity contribution >= 4 is 0 Å². The first-order valence-electron chi connectivity index (χ1n) is 7.18. The topological polar surface area (TPSA) is 40.5 Å². The number of hydrogen-bond acceptors (Lipinski definition) is 2. The molecular formula is C18H20O2. The summed E-state index contributed by atoms with van der Waals surface area (Å²) in [6.07, 6.45) is 0. The second-order valence-corrected chi connectivity index (χ2v) is 5.57. The van der Waals surface area contributed by atoms with Crippen molar-refractivity contribution in [2.75, 3.05) is 13.2 Å². The summed E-state index contributed by atoms with van der Waals surface area (Å²) < 4.78 is 0. The van der Waals surface area contributed by atoms with Gasteiger partial charge in [0.25, 0.3) is 0 Å². The summed E-state index contributed by atoms with van der Waals surface area (Å²) in [6, 6.07) is 20.7. The van der Waals surface area contributed by atoms with E-state index in [0.29, 0.717) is 11.8 Å². The van der Waals surface area contributed by atoms with Crippen LogP contribution in [0.2, 0.25) is 0 Å². The average molecular weight is 268 g/mol. The van der Waals surface area contributed by atoms with Gasteiger partial charge < -0.3 is 10.2 Å². The molecule has 2 aromatic rings. The molecule has 104 valence electrons. The Balaban J connectivity index is 1.97. The quantitative estimate of drug-likeness (QED) is 0.895. The first-order chi connectivity index (χ1) is 9.86. The highest BCUT2D eigenvalue weighted by Gasteiger charge is 2.50. The van der Waals surface area contributed by atoms with Gasteiger partial charge in [-0.2, -0.15) is 0 Å². The van der Waals surface area contributed by atoms with Crippen LogP contribution in [0.25, 0.3) is 0 Å². The zero-order chi connectivity index (χ0) is 13.9. The maximum Gasteiger partial charge on any atom is 0.0469 e. The number of rotatable bonds is 4. The Hall–Kier alpha value is -1.64. The molecule has 1 saturated carbocycles. The first kappa shape index (κ1) is 13.3. The van der Waals surface area contributed by atoms with E-state index in [1.54, 1.807) is 0 Å². The third-order valence-electron chi connectivity index (χ3n) is 4.65. The molecule has 0 radical (unpaired) electrons. The van der Waals surface area contributed by atoms with E-state index in [-0.39, 0.29) is 25.0 Å². The summed E-state index contributed by atoms with van der Waals surface area (Å²) in [5, 5.41) is 19.3. The van der Waals surface area contributed by atoms with Crippen molar-refractivity contribution in [3.8, 4) is 0 Å². The minimum Gasteiger partial charge on any atom is -0.396 e. The van der Waals surface area contributed by atoms with Crippen LogP contribution in [0, 0.1) is 11.8 Å². The highest BCUT2D eigenvalue weighted by atomic mass is 16.3. The van der Waals surface area contributed by atoms with E-state index in [4.69, 9.17) is 0 Å². The van der Waals surface area contributed by atoms with Crippen LogP contribution in [0.3, 0.4) is 0 Å². The normalized spacial score (nSPS) is 28.9. The number of aliphatic hydroxyl groups is 2. The Kier molecular flexibility index (Phi) is 3.86. The number of benzene rings is 2. The molecule has 0 unspecified atom stereocenters. The Morgan fingerprint density at radius 3 is 1.25 bits per heavy atom. The average Bonchev–Trinajstić information content (AvgIpc) is 2.49. The molecular weight excluding hydrogens is 248 g/mol. The van der Waals surface area contributed by atoms with E-state index in [9.17, 15) is 10.2 Å². The summed E-state index contributed by atoms with van der Waals surface area (Å²) >= 11 is 0. The molecule has 0 aromatic heterocycles. The van der Waals surface area contributed by atoms with Crippen LogP contribution in [-0.4, -0.2) is 23.4 Å². The summed E-state index contributed by atoms with van der Waals surface area (Å²) in [7, 11) is 0. The van der Waals surface area contributed by atoms with E-state index in [1.165, 1.54) is 11.1 Å². The maximum absolute atomic E-state index is 9.67. The Morgan fingerprint density at radius 1 is 0.600 bits per heavy atom. The molecule has 1 aliphatic rings. The molecule has 2 heteroatoms. The third kappa shape index (κ3) is 2.15. The molecule has 20 heavy (non-hydrogen) atoms. The fraction of sp³-hybridized carbons (Fsp3) is 0.333. The molecule has 3 rings (SSSR count). The van der Waals surface area contributed by atoms with Crippen molar-refractivity contribution in [3.05, 3.63) is 71.8 Å². The highest BCUT2D eigenvalue weighted by Crippen LogP contribution is 2.57. The van der Waals surface area contributed by atoms with Gasteiger partial charge in [0.15, 0.2) is 0 Å². The van der Waals surface area contributed by atoms with Crippen LogP contribution in [0.5, 0.6) is 0 Å². The van der Waals surface area contributed by atoms with Gasteiger partial charge in [-0.05, 0) is 34.8 Å². The van der Waals surface area contributed by atoms with Crippen LogP contribution in [-0.2, 0) is 0 Å². The summed E-state index contributed by atoms with van der Waals surface area (Å²) in [4.78, 5) is 0. The molecule has 2 aromatic carbocycles. The molecule has 0 aliphatic heterocycles. The van der Waals surface area contributed by atoms with Gasteiger partial charge in [0.2, 0.25) is 0 Å². The maximum atomic E-state index is 9.67. The third-order valence-corrected chi connectivity index (χ3v) is 4.65. The van der Waals surface area contributed by atoms with E-state index >= 15 is 0 Å². The predicted octanol–water partition coefficient (Wildman–Crippen LogP) is 2.78. The molecule has 2 N–H and O–H groups in total. The minimum absolute atomic E-state index is 0.133. The largest absolute Gasteiger partial charge is 0.396 e. The summed E-state index contributed by atoms with van der Waals surface area (Å²) in [6.45, 7) is 0.266. The smallest absolute Gasteiger partial charge is 0.0469 e. The van der Waals surface area contributed by atoms with Crippen molar-refractivity contribution in [1.82, 2.24) is 0 Å². The van der Waals surface area contributed by atoms with Crippen molar-refractivity contribution in [2.45, 2.75) is 11.8 Å². The second-order valence-electron chi connectivity index (χ2n) is 5.57. The lowest BCUT2D eigenvalue weighted by molar-refractivity contribution is -0.00315. The monoisotopic (exact) mass is 268 g/mol. The van der Waals surface area contributed by atoms with Gasteiger partial charge in [-0.25, -0.2) is 0 Å². The van der Waals surface area contributed by atoms with Crippen LogP contribution in [0.1, 0.15) is 23.0 Å². The molecule has 0 amide bonds. The molecule has 1 fully saturated rings. The molecule has 0 saturated heterocycles. The van der Waals surface area contributed by atoms with Crippen molar-refractivity contribution in [1.29, 1.82) is 0 Å². The molecule has 0 heterocycles. The lowest BCUT2D eigenvalue weighted by Gasteiger charge is -2.51. The van der Waals surface area contributed by atoms with Gasteiger partial charge in [-0.3, -0.25) is 0 Å². The van der Waals surface area contributed by atoms with Crippen LogP contribution >= 0.6 is 0 Å². The molecule has 4 atom stereocenters. The van der Waals surface area contributed by atoms with E-state index < -0.39 is 0 Å². The molecule has 0 spiro atoms. The highest BCUT2D eigenvalue weighted by molar-refractivity contribution is 5.35. The second kappa shape index (κ2) is 5.78. The number of hydrogen-bond donors (Lipinski definition) is 2. The Morgan fingerprint density at radius 2 is 0.950 bits per heavy atom. The van der Waals surface area contributed by atoms with Crippen LogP contribution in [0.15, 0.2) is 60.7 Å². The van der Waals surface area contributed by atoms with Crippen molar-refractivity contribution in [3.63, 3.8) is 0 Å². The van der Waals surface area contributed by atoms with Gasteiger partial charge in [-0.1, -0.05) is 60.7 Å². The fourth-order valence-electron chi connectivity index (χ4n) is 3.68. The van der Waals surface area contributed by atoms with Crippen molar-refractivity contribution in [2.24, 2.45) is 11.8 Å². The molecule has 2 nitrogen and oxygen atoms in total. The molecule has 0 bridgehead atoms. The lowest BCUT2D eigenvalue weighted by atomic mass is 9.53. The van der Waals surface area contributed by atoms with Crippen molar-refractivity contribution < 1.29 is 10.2 Å². The minimum atomic E-state index is 0.133. The van der Waals surface area contributed by atoms with Gasteiger partial charge in [0, 0.05) is 13.2 Å². The SMILES string of the molecule is OC[C@H]1[C@H](CO)[C@@H](c2ccccc2)[C@@H]1c1ccccc1. The Bertz CT molecular complexity index is 486. The Labute approximate surface area is 119 Å². The van der Waals surface area contributed by atoms with Gasteiger partial charge in [0.1, 0.15) is 0 Å². The van der Waals surface area contributed by atoms with Gasteiger partial charge in [0.05, 0.1) is 0 Å². The van der Waals surface area contributed by atoms with Crippen LogP contribution in [0.4, 0.5) is 0 Å². The summed E-state index contributed by atoms with van der Waals surface area (Å²) in [5.74, 6) is 0.877. The number of aliphatic hydroxyl groups excluding tert-OH is 2.